The van der Waals surface area contributed by atoms with Gasteiger partial charge in [0.05, 0.1) is 6.54 Å². The first-order valence-electron chi connectivity index (χ1n) is 11.5. The molecule has 0 aliphatic carbocycles. The molecule has 9 heteroatoms. The van der Waals surface area contributed by atoms with Gasteiger partial charge < -0.3 is 15.5 Å². The molecule has 0 bridgehead atoms. The average Bonchev–Trinajstić information content (AvgIpc) is 3.38. The second-order valence-electron chi connectivity index (χ2n) is 8.06. The minimum atomic E-state index is 0.723. The van der Waals surface area contributed by atoms with Crippen molar-refractivity contribution < 1.29 is 0 Å². The number of piperazine rings is 1. The average molecular weight is 448 g/mol. The fraction of sp³-hybridized carbons (Fsp3) is 0.417. The number of rotatable bonds is 9. The third-order valence-electron chi connectivity index (χ3n) is 5.83. The predicted molar refractivity (Wildman–Crippen MR) is 131 cm³/mol. The maximum Gasteiger partial charge on any atom is 0.225 e. The highest BCUT2D eigenvalue weighted by Crippen LogP contribution is 2.11. The van der Waals surface area contributed by atoms with Gasteiger partial charge in [-0.3, -0.25) is 14.6 Å². The van der Waals surface area contributed by atoms with Crippen LogP contribution >= 0.6 is 0 Å². The SMILES string of the molecule is CN=C(NCCCN1CCN(c2ncccn2)CC1)NCc1ccccc1Cn1cccn1. The van der Waals surface area contributed by atoms with E-state index in [-0.39, 0.29) is 0 Å². The van der Waals surface area contributed by atoms with E-state index >= 15 is 0 Å². The largest absolute Gasteiger partial charge is 0.356 e. The summed E-state index contributed by atoms with van der Waals surface area (Å²) < 4.78 is 1.94. The molecule has 0 amide bonds. The summed E-state index contributed by atoms with van der Waals surface area (Å²) in [5.41, 5.74) is 2.50. The summed E-state index contributed by atoms with van der Waals surface area (Å²) in [4.78, 5) is 17.8. The number of nitrogens with zero attached hydrogens (tertiary/aromatic N) is 7. The lowest BCUT2D eigenvalue weighted by Gasteiger charge is -2.34. The topological polar surface area (TPSA) is 86.5 Å². The summed E-state index contributed by atoms with van der Waals surface area (Å²) in [6, 6.07) is 12.3. The number of aromatic nitrogens is 4. The zero-order chi connectivity index (χ0) is 22.7. The molecule has 0 saturated carbocycles. The monoisotopic (exact) mass is 447 g/mol. The van der Waals surface area contributed by atoms with Crippen molar-refractivity contribution >= 4 is 11.9 Å². The van der Waals surface area contributed by atoms with Gasteiger partial charge in [0.1, 0.15) is 0 Å². The van der Waals surface area contributed by atoms with Gasteiger partial charge in [0, 0.05) is 71.1 Å². The molecule has 9 nitrogen and oxygen atoms in total. The van der Waals surface area contributed by atoms with Gasteiger partial charge >= 0.3 is 0 Å². The van der Waals surface area contributed by atoms with E-state index in [2.05, 4.69) is 64.8 Å². The summed E-state index contributed by atoms with van der Waals surface area (Å²) in [7, 11) is 1.82. The van der Waals surface area contributed by atoms with E-state index in [1.807, 2.05) is 36.3 Å². The molecule has 33 heavy (non-hydrogen) atoms. The molecule has 1 aliphatic rings. The standard InChI is InChI=1S/C24H33N9/c1-25-23(29-19-21-7-2-3-8-22(21)20-33-14-6-12-30-33)26-11-5-13-31-15-17-32(18-16-31)24-27-9-4-10-28-24/h2-4,6-10,12,14H,5,11,13,15-20H2,1H3,(H2,25,26,29). The van der Waals surface area contributed by atoms with E-state index in [0.29, 0.717) is 0 Å². The lowest BCUT2D eigenvalue weighted by Crippen LogP contribution is -2.47. The van der Waals surface area contributed by atoms with Crippen LogP contribution in [0.5, 0.6) is 0 Å². The van der Waals surface area contributed by atoms with Crippen LogP contribution in [0, 0.1) is 0 Å². The minimum Gasteiger partial charge on any atom is -0.356 e. The van der Waals surface area contributed by atoms with E-state index in [1.54, 1.807) is 12.4 Å². The Bertz CT molecular complexity index is 980. The van der Waals surface area contributed by atoms with Crippen LogP contribution < -0.4 is 15.5 Å². The van der Waals surface area contributed by atoms with Gasteiger partial charge in [0.25, 0.3) is 0 Å². The van der Waals surface area contributed by atoms with Crippen LogP contribution in [0.4, 0.5) is 5.95 Å². The van der Waals surface area contributed by atoms with Gasteiger partial charge in [-0.1, -0.05) is 24.3 Å². The number of guanidine groups is 1. The maximum atomic E-state index is 4.38. The first-order chi connectivity index (χ1) is 16.3. The summed E-state index contributed by atoms with van der Waals surface area (Å²) in [5.74, 6) is 1.66. The van der Waals surface area contributed by atoms with Gasteiger partial charge in [-0.2, -0.15) is 5.10 Å². The molecule has 3 heterocycles. The van der Waals surface area contributed by atoms with Crippen molar-refractivity contribution in [2.45, 2.75) is 19.5 Å². The molecule has 1 aromatic carbocycles. The second kappa shape index (κ2) is 12.0. The van der Waals surface area contributed by atoms with E-state index in [1.165, 1.54) is 11.1 Å². The summed E-state index contributed by atoms with van der Waals surface area (Å²) in [6.07, 6.45) is 8.47. The number of nitrogens with one attached hydrogen (secondary N) is 2. The van der Waals surface area contributed by atoms with Crippen molar-refractivity contribution in [2.24, 2.45) is 4.99 Å². The summed E-state index contributed by atoms with van der Waals surface area (Å²) >= 11 is 0. The Hall–Kier alpha value is -3.46. The second-order valence-corrected chi connectivity index (χ2v) is 8.06. The Labute approximate surface area is 195 Å². The lowest BCUT2D eigenvalue weighted by atomic mass is 10.1. The van der Waals surface area contributed by atoms with Crippen LogP contribution in [0.2, 0.25) is 0 Å². The fourth-order valence-electron chi connectivity index (χ4n) is 3.99. The molecule has 0 atom stereocenters. The highest BCUT2D eigenvalue weighted by molar-refractivity contribution is 5.79. The maximum absolute atomic E-state index is 4.38. The van der Waals surface area contributed by atoms with Crippen LogP contribution in [-0.2, 0) is 13.1 Å². The number of aliphatic imine (C=N–C) groups is 1. The first kappa shape index (κ1) is 22.7. The van der Waals surface area contributed by atoms with Crippen LogP contribution in [0.25, 0.3) is 0 Å². The van der Waals surface area contributed by atoms with Gasteiger partial charge in [-0.05, 0) is 36.2 Å². The molecular formula is C24H33N9. The Morgan fingerprint density at radius 3 is 2.45 bits per heavy atom. The molecular weight excluding hydrogens is 414 g/mol. The van der Waals surface area contributed by atoms with Crippen LogP contribution in [0.15, 0.2) is 66.2 Å². The molecule has 3 aromatic rings. The normalized spacial score (nSPS) is 14.9. The van der Waals surface area contributed by atoms with E-state index in [9.17, 15) is 0 Å². The molecule has 0 unspecified atom stereocenters. The van der Waals surface area contributed by atoms with Crippen LogP contribution in [0.3, 0.4) is 0 Å². The Morgan fingerprint density at radius 2 is 1.73 bits per heavy atom. The van der Waals surface area contributed by atoms with Crippen molar-refractivity contribution in [3.63, 3.8) is 0 Å². The highest BCUT2D eigenvalue weighted by Gasteiger charge is 2.18. The van der Waals surface area contributed by atoms with E-state index in [0.717, 1.165) is 70.7 Å². The molecule has 4 rings (SSSR count). The fourth-order valence-corrected chi connectivity index (χ4v) is 3.99. The predicted octanol–water partition coefficient (Wildman–Crippen LogP) is 1.60. The van der Waals surface area contributed by atoms with Crippen molar-refractivity contribution in [1.29, 1.82) is 0 Å². The van der Waals surface area contributed by atoms with E-state index < -0.39 is 0 Å². The zero-order valence-electron chi connectivity index (χ0n) is 19.3. The molecule has 0 radical (unpaired) electrons. The third-order valence-corrected chi connectivity index (χ3v) is 5.83. The number of hydrogen-bond donors (Lipinski definition) is 2. The number of benzene rings is 1. The highest BCUT2D eigenvalue weighted by atomic mass is 15.3. The number of anilines is 1. The molecule has 2 aromatic heterocycles. The van der Waals surface area contributed by atoms with Crippen molar-refractivity contribution in [1.82, 2.24) is 35.3 Å². The van der Waals surface area contributed by atoms with Gasteiger partial charge in [-0.25, -0.2) is 9.97 Å². The Balaban J connectivity index is 1.15. The first-order valence-corrected chi connectivity index (χ1v) is 11.5. The van der Waals surface area contributed by atoms with Gasteiger partial charge in [-0.15, -0.1) is 0 Å². The Kier molecular flexibility index (Phi) is 8.24. The molecule has 174 valence electrons. The zero-order valence-corrected chi connectivity index (χ0v) is 19.3. The summed E-state index contributed by atoms with van der Waals surface area (Å²) in [5, 5.41) is 11.2. The smallest absolute Gasteiger partial charge is 0.225 e. The lowest BCUT2D eigenvalue weighted by molar-refractivity contribution is 0.254. The Morgan fingerprint density at radius 1 is 0.939 bits per heavy atom. The molecule has 1 saturated heterocycles. The van der Waals surface area contributed by atoms with Crippen LogP contribution in [-0.4, -0.2) is 76.9 Å². The quantitative estimate of drug-likeness (QED) is 0.293. The van der Waals surface area contributed by atoms with Crippen molar-refractivity contribution in [3.05, 3.63) is 72.3 Å². The van der Waals surface area contributed by atoms with Gasteiger partial charge in [0.2, 0.25) is 5.95 Å². The minimum absolute atomic E-state index is 0.723. The number of hydrogen-bond acceptors (Lipinski definition) is 6. The molecule has 0 spiro atoms. The van der Waals surface area contributed by atoms with Crippen molar-refractivity contribution in [2.75, 3.05) is 51.2 Å². The van der Waals surface area contributed by atoms with Crippen molar-refractivity contribution in [3.8, 4) is 0 Å². The molecule has 2 N–H and O–H groups in total. The third kappa shape index (κ3) is 6.76. The summed E-state index contributed by atoms with van der Waals surface area (Å²) in [6.45, 7) is 7.46. The molecule has 1 fully saturated rings. The molecule has 1 aliphatic heterocycles. The van der Waals surface area contributed by atoms with Gasteiger partial charge in [0.15, 0.2) is 5.96 Å². The van der Waals surface area contributed by atoms with Crippen LogP contribution in [0.1, 0.15) is 17.5 Å². The van der Waals surface area contributed by atoms with E-state index in [4.69, 9.17) is 0 Å².